The zero-order valence-electron chi connectivity index (χ0n) is 30.9. The number of pyridine rings is 1. The van der Waals surface area contributed by atoms with E-state index in [1.54, 1.807) is 29.6 Å². The molecule has 9 heteroatoms. The van der Waals surface area contributed by atoms with Crippen LogP contribution < -0.4 is 19.5 Å². The fourth-order valence-electron chi connectivity index (χ4n) is 7.60. The fourth-order valence-corrected chi connectivity index (χ4v) is 9.48. The van der Waals surface area contributed by atoms with Crippen LogP contribution in [0.25, 0.3) is 22.7 Å². The maximum atomic E-state index is 13.2. The van der Waals surface area contributed by atoms with E-state index < -0.39 is 11.8 Å². The lowest BCUT2D eigenvalue weighted by atomic mass is 9.72. The molecule has 55 heavy (non-hydrogen) atoms. The van der Waals surface area contributed by atoms with Gasteiger partial charge in [0.25, 0.3) is 5.82 Å². The Morgan fingerprint density at radius 1 is 0.909 bits per heavy atom. The molecule has 0 spiro atoms. The first-order valence-corrected chi connectivity index (χ1v) is 20.7. The second-order valence-electron chi connectivity index (χ2n) is 14.0. The van der Waals surface area contributed by atoms with Crippen LogP contribution in [0.15, 0.2) is 142 Å². The SMILES string of the molecule is CN(CCCC([O-])=NCCSCc1ccc2c(c1)C(=O)C1C=CC=CC1C2=O)c1cc(/C=C2\Sc3ccccc3N2C)c2ccccc2[n+]1-c1ccccc1. The number of aliphatic imine (C=N–C) groups is 1. The number of aromatic nitrogens is 1. The number of anilines is 2. The number of rotatable bonds is 12. The van der Waals surface area contributed by atoms with Gasteiger partial charge in [0.1, 0.15) is 11.2 Å². The second-order valence-corrected chi connectivity index (χ2v) is 16.2. The average molecular weight is 763 g/mol. The number of thioether (sulfide) groups is 2. The highest BCUT2D eigenvalue weighted by Gasteiger charge is 2.39. The van der Waals surface area contributed by atoms with Gasteiger partial charge in [0.2, 0.25) is 0 Å². The van der Waals surface area contributed by atoms with Crippen LogP contribution in [-0.2, 0) is 5.75 Å². The monoisotopic (exact) mass is 762 g/mol. The number of carbonyl (C=O) groups excluding carboxylic acids is 2. The highest BCUT2D eigenvalue weighted by Crippen LogP contribution is 2.46. The first-order chi connectivity index (χ1) is 26.9. The maximum Gasteiger partial charge on any atom is 0.282 e. The van der Waals surface area contributed by atoms with Crippen LogP contribution in [0.3, 0.4) is 0 Å². The van der Waals surface area contributed by atoms with Crippen LogP contribution in [0.2, 0.25) is 0 Å². The smallest absolute Gasteiger partial charge is 0.282 e. The molecule has 2 unspecified atom stereocenters. The van der Waals surface area contributed by atoms with E-state index in [2.05, 4.69) is 118 Å². The minimum atomic E-state index is -0.410. The van der Waals surface area contributed by atoms with Crippen molar-refractivity contribution in [1.29, 1.82) is 0 Å². The molecule has 0 bridgehead atoms. The van der Waals surface area contributed by atoms with Gasteiger partial charge in [-0.3, -0.25) is 14.5 Å². The molecule has 4 aromatic carbocycles. The third-order valence-corrected chi connectivity index (χ3v) is 12.6. The van der Waals surface area contributed by atoms with Gasteiger partial charge >= 0.3 is 0 Å². The summed E-state index contributed by atoms with van der Waals surface area (Å²) in [6.45, 7) is 1.13. The van der Waals surface area contributed by atoms with E-state index in [-0.39, 0.29) is 17.5 Å². The Morgan fingerprint density at radius 2 is 1.64 bits per heavy atom. The Balaban J connectivity index is 0.919. The molecule has 0 saturated carbocycles. The summed E-state index contributed by atoms with van der Waals surface area (Å²) in [5, 5.41) is 15.2. The van der Waals surface area contributed by atoms with E-state index in [9.17, 15) is 14.7 Å². The molecule has 1 aliphatic heterocycles. The molecular weight excluding hydrogens is 721 g/mol. The molecule has 0 N–H and O–H groups in total. The van der Waals surface area contributed by atoms with E-state index >= 15 is 0 Å². The number of fused-ring (bicyclic) bond motifs is 4. The van der Waals surface area contributed by atoms with Gasteiger partial charge in [0.05, 0.1) is 36.1 Å². The number of nitrogens with zero attached hydrogens (tertiary/aromatic N) is 4. The van der Waals surface area contributed by atoms with Crippen molar-refractivity contribution in [2.45, 2.75) is 23.5 Å². The van der Waals surface area contributed by atoms with Crippen molar-refractivity contribution in [2.75, 3.05) is 42.7 Å². The molecular formula is C46H42N4O3S2. The largest absolute Gasteiger partial charge is 0.862 e. The zero-order valence-corrected chi connectivity index (χ0v) is 32.6. The van der Waals surface area contributed by atoms with Crippen LogP contribution in [0.1, 0.15) is 44.7 Å². The Hall–Kier alpha value is -5.38. The van der Waals surface area contributed by atoms with Gasteiger partial charge in [-0.2, -0.15) is 16.3 Å². The van der Waals surface area contributed by atoms with Gasteiger partial charge in [-0.1, -0.05) is 96.7 Å². The minimum absolute atomic E-state index is 0.00825. The summed E-state index contributed by atoms with van der Waals surface area (Å²) in [5.41, 5.74) is 6.56. The van der Waals surface area contributed by atoms with E-state index in [1.165, 1.54) is 15.6 Å². The summed E-state index contributed by atoms with van der Waals surface area (Å²) in [6, 6.07) is 35.3. The Bertz CT molecular complexity index is 2400. The van der Waals surface area contributed by atoms with Crippen LogP contribution in [0, 0.1) is 11.8 Å². The van der Waals surface area contributed by atoms with Crippen LogP contribution in [0.5, 0.6) is 0 Å². The summed E-state index contributed by atoms with van der Waals surface area (Å²) < 4.78 is 2.30. The Labute approximate surface area is 330 Å². The fraction of sp³-hybridized carbons (Fsp3) is 0.217. The van der Waals surface area contributed by atoms with Gasteiger partial charge in [-0.25, -0.2) is 0 Å². The predicted octanol–water partition coefficient (Wildman–Crippen LogP) is 8.30. The quantitative estimate of drug-likeness (QED) is 0.0548. The predicted molar refractivity (Wildman–Crippen MR) is 225 cm³/mol. The number of para-hydroxylation sites is 3. The average Bonchev–Trinajstić information content (AvgIpc) is 3.54. The van der Waals surface area contributed by atoms with Crippen molar-refractivity contribution >= 4 is 69.5 Å². The standard InChI is InChI=1S/C46H42N4O3S2/c1-48(25-12-21-42(51)47-24-26-54-30-31-22-23-37-38(27-31)46(53)36-17-7-6-16-35(36)45(37)52)43-28-32(29-44-49(2)40-19-10-11-20-41(40)55-44)34-15-8-9-18-39(34)50(43)33-13-4-3-5-14-33/h3-11,13-20,22-23,27-29,35-36H,12,21,24-26,30H2,1-2H3. The summed E-state index contributed by atoms with van der Waals surface area (Å²) in [6.07, 6.45) is 10.7. The molecule has 0 amide bonds. The molecule has 8 rings (SSSR count). The molecule has 0 fully saturated rings. The van der Waals surface area contributed by atoms with Crippen LogP contribution in [0.4, 0.5) is 11.5 Å². The molecule has 2 aliphatic carbocycles. The molecule has 1 aromatic heterocycles. The first kappa shape index (κ1) is 36.6. The van der Waals surface area contributed by atoms with Gasteiger partial charge in [-0.05, 0) is 72.3 Å². The Kier molecular flexibility index (Phi) is 10.7. The Morgan fingerprint density at radius 3 is 2.44 bits per heavy atom. The summed E-state index contributed by atoms with van der Waals surface area (Å²) in [5.74, 6) is 1.54. The topological polar surface area (TPSA) is 79.9 Å². The third kappa shape index (κ3) is 7.51. The van der Waals surface area contributed by atoms with Gasteiger partial charge < -0.3 is 15.0 Å². The molecule has 7 nitrogen and oxygen atoms in total. The summed E-state index contributed by atoms with van der Waals surface area (Å²) in [7, 11) is 4.22. The van der Waals surface area contributed by atoms with Crippen LogP contribution >= 0.6 is 23.5 Å². The number of Topliss-reactive ketones (excluding diaryl/α,β-unsaturated/α-hetero) is 2. The van der Waals surface area contributed by atoms with E-state index in [0.717, 1.165) is 33.5 Å². The number of allylic oxidation sites excluding steroid dienone is 4. The number of hydrogen-bond acceptors (Lipinski definition) is 8. The maximum absolute atomic E-state index is 13.2. The lowest BCUT2D eigenvalue weighted by molar-refractivity contribution is -0.553. The number of hydrogen-bond donors (Lipinski definition) is 0. The van der Waals surface area contributed by atoms with Crippen molar-refractivity contribution in [3.63, 3.8) is 0 Å². The van der Waals surface area contributed by atoms with E-state index in [1.807, 2.05) is 42.5 Å². The van der Waals surface area contributed by atoms with Crippen molar-refractivity contribution in [1.82, 2.24) is 0 Å². The zero-order chi connectivity index (χ0) is 37.9. The number of benzene rings is 4. The molecule has 0 radical (unpaired) electrons. The highest BCUT2D eigenvalue weighted by molar-refractivity contribution is 8.03. The minimum Gasteiger partial charge on any atom is -0.862 e. The summed E-state index contributed by atoms with van der Waals surface area (Å²) >= 11 is 3.46. The van der Waals surface area contributed by atoms with E-state index in [4.69, 9.17) is 0 Å². The van der Waals surface area contributed by atoms with Crippen molar-refractivity contribution in [2.24, 2.45) is 16.8 Å². The van der Waals surface area contributed by atoms with Gasteiger partial charge in [0.15, 0.2) is 11.6 Å². The molecule has 2 heterocycles. The van der Waals surface area contributed by atoms with Crippen LogP contribution in [-0.4, -0.2) is 50.4 Å². The first-order valence-electron chi connectivity index (χ1n) is 18.7. The molecule has 0 saturated heterocycles. The lowest BCUT2D eigenvalue weighted by Gasteiger charge is -2.28. The van der Waals surface area contributed by atoms with Crippen molar-refractivity contribution < 1.29 is 19.3 Å². The molecule has 2 atom stereocenters. The van der Waals surface area contributed by atoms with Crippen molar-refractivity contribution in [3.8, 4) is 5.69 Å². The lowest BCUT2D eigenvalue weighted by Crippen LogP contribution is -2.40. The normalized spacial score (nSPS) is 18.2. The highest BCUT2D eigenvalue weighted by atomic mass is 32.2. The molecule has 276 valence electrons. The third-order valence-electron chi connectivity index (χ3n) is 10.5. The summed E-state index contributed by atoms with van der Waals surface area (Å²) in [4.78, 5) is 36.3. The van der Waals surface area contributed by atoms with E-state index in [0.29, 0.717) is 48.6 Å². The van der Waals surface area contributed by atoms with Gasteiger partial charge in [0, 0.05) is 52.6 Å². The second kappa shape index (κ2) is 16.2. The molecule has 3 aliphatic rings. The molecule has 5 aromatic rings. The van der Waals surface area contributed by atoms with Gasteiger partial charge in [-0.15, -0.1) is 0 Å². The number of carbonyl (C=O) groups is 2. The van der Waals surface area contributed by atoms with Crippen molar-refractivity contribution in [3.05, 3.63) is 155 Å². The number of ketones is 2.